The van der Waals surface area contributed by atoms with E-state index in [9.17, 15) is 4.79 Å². The van der Waals surface area contributed by atoms with Crippen molar-refractivity contribution in [1.82, 2.24) is 9.97 Å². The highest BCUT2D eigenvalue weighted by molar-refractivity contribution is 6.33. The molecule has 1 aromatic heterocycles. The molecular formula is C8H5AlN2O. The predicted octanol–water partition coefficient (Wildman–Crippen LogP) is -0.283. The third kappa shape index (κ3) is 1.27. The summed E-state index contributed by atoms with van der Waals surface area (Å²) >= 11 is 2.58. The predicted molar refractivity (Wildman–Crippen MR) is 47.8 cm³/mol. The summed E-state index contributed by atoms with van der Waals surface area (Å²) in [6.07, 6.45) is 1.28. The van der Waals surface area contributed by atoms with Gasteiger partial charge in [0.1, 0.15) is 0 Å². The quantitative estimate of drug-likeness (QED) is 0.555. The molecule has 2 radical (unpaired) electrons. The second-order valence-electron chi connectivity index (χ2n) is 2.52. The number of hydrogen-bond acceptors (Lipinski definition) is 2. The Kier molecular flexibility index (Phi) is 1.72. The highest BCUT2D eigenvalue weighted by Gasteiger charge is 1.93. The summed E-state index contributed by atoms with van der Waals surface area (Å²) in [5.74, 6) is 0. The van der Waals surface area contributed by atoms with Gasteiger partial charge in [-0.05, 0) is 12.1 Å². The molecule has 0 bridgehead atoms. The molecule has 4 heteroatoms. The van der Waals surface area contributed by atoms with Gasteiger partial charge in [0.2, 0.25) is 0 Å². The molecule has 0 spiro atoms. The zero-order valence-corrected chi connectivity index (χ0v) is 7.40. The minimum atomic E-state index is -0.168. The SMILES string of the molecule is O=c1cnc2c[c]([Al])ccc2[nH]1. The number of hydrogen-bond donors (Lipinski definition) is 1. The van der Waals surface area contributed by atoms with Crippen LogP contribution in [0.25, 0.3) is 11.0 Å². The second kappa shape index (κ2) is 2.74. The first-order valence-corrected chi connectivity index (χ1v) is 4.08. The summed E-state index contributed by atoms with van der Waals surface area (Å²) < 4.78 is 1.06. The molecule has 12 heavy (non-hydrogen) atoms. The Bertz CT molecular complexity index is 478. The Morgan fingerprint density at radius 1 is 1.42 bits per heavy atom. The second-order valence-corrected chi connectivity index (χ2v) is 3.19. The molecule has 1 N–H and O–H groups in total. The number of rotatable bonds is 0. The minimum absolute atomic E-state index is 0.168. The van der Waals surface area contributed by atoms with Crippen molar-refractivity contribution in [1.29, 1.82) is 0 Å². The van der Waals surface area contributed by atoms with Gasteiger partial charge in [-0.2, -0.15) is 0 Å². The molecule has 0 aliphatic carbocycles. The van der Waals surface area contributed by atoms with E-state index in [0.717, 1.165) is 15.5 Å². The topological polar surface area (TPSA) is 45.8 Å². The summed E-state index contributed by atoms with van der Waals surface area (Å²) in [4.78, 5) is 17.5. The largest absolute Gasteiger partial charge is 0.319 e. The molecule has 0 saturated heterocycles. The van der Waals surface area contributed by atoms with Crippen molar-refractivity contribution in [3.8, 4) is 0 Å². The first-order chi connectivity index (χ1) is 5.75. The molecule has 0 saturated carbocycles. The molecule has 0 unspecified atom stereocenters. The van der Waals surface area contributed by atoms with Crippen LogP contribution in [0.5, 0.6) is 0 Å². The number of aromatic amines is 1. The van der Waals surface area contributed by atoms with E-state index in [-0.39, 0.29) is 5.56 Å². The Hall–Kier alpha value is -1.11. The summed E-state index contributed by atoms with van der Waals surface area (Å²) in [6.45, 7) is 0. The van der Waals surface area contributed by atoms with E-state index in [1.165, 1.54) is 6.20 Å². The first-order valence-electron chi connectivity index (χ1n) is 3.50. The van der Waals surface area contributed by atoms with Crippen LogP contribution in [0, 0.1) is 0 Å². The molecule has 0 fully saturated rings. The monoisotopic (exact) mass is 172 g/mol. The van der Waals surface area contributed by atoms with Crippen molar-refractivity contribution in [2.24, 2.45) is 0 Å². The normalized spacial score (nSPS) is 10.3. The van der Waals surface area contributed by atoms with Crippen LogP contribution in [0.3, 0.4) is 0 Å². The standard InChI is InChI=1S/C8H5N2O.Al/c11-8-5-9-6-3-1-2-4-7(6)10-8;/h2-5H,(H,10,11);. The van der Waals surface area contributed by atoms with E-state index >= 15 is 0 Å². The van der Waals surface area contributed by atoms with Gasteiger partial charge >= 0.3 is 0 Å². The van der Waals surface area contributed by atoms with Crippen LogP contribution < -0.4 is 9.98 Å². The van der Waals surface area contributed by atoms with Gasteiger partial charge in [-0.3, -0.25) is 4.79 Å². The molecule has 0 atom stereocenters. The van der Waals surface area contributed by atoms with E-state index in [0.29, 0.717) is 0 Å². The maximum atomic E-state index is 10.8. The van der Waals surface area contributed by atoms with E-state index in [4.69, 9.17) is 0 Å². The van der Waals surface area contributed by atoms with E-state index < -0.39 is 0 Å². The molecule has 0 aliphatic heterocycles. The smallest absolute Gasteiger partial charge is 0.266 e. The van der Waals surface area contributed by atoms with Gasteiger partial charge in [0.25, 0.3) is 5.56 Å². The van der Waals surface area contributed by atoms with Crippen molar-refractivity contribution >= 4 is 31.7 Å². The van der Waals surface area contributed by atoms with Crippen molar-refractivity contribution in [3.63, 3.8) is 0 Å². The van der Waals surface area contributed by atoms with Crippen LogP contribution in [0.15, 0.2) is 29.2 Å². The van der Waals surface area contributed by atoms with Gasteiger partial charge < -0.3 is 4.98 Å². The summed E-state index contributed by atoms with van der Waals surface area (Å²) in [5, 5.41) is 0. The van der Waals surface area contributed by atoms with Gasteiger partial charge in [-0.25, -0.2) is 4.98 Å². The summed E-state index contributed by atoms with van der Waals surface area (Å²) in [7, 11) is 0. The fourth-order valence-electron chi connectivity index (χ4n) is 1.05. The lowest BCUT2D eigenvalue weighted by atomic mass is 10.3. The van der Waals surface area contributed by atoms with E-state index in [1.807, 2.05) is 18.2 Å². The Balaban J connectivity index is 2.87. The molecule has 0 aliphatic rings. The van der Waals surface area contributed by atoms with Crippen molar-refractivity contribution < 1.29 is 0 Å². The average molecular weight is 172 g/mol. The summed E-state index contributed by atoms with van der Waals surface area (Å²) in [6, 6.07) is 5.65. The van der Waals surface area contributed by atoms with Crippen molar-refractivity contribution in [2.45, 2.75) is 0 Å². The van der Waals surface area contributed by atoms with Crippen LogP contribution in [0.1, 0.15) is 0 Å². The molecule has 2 rings (SSSR count). The fourth-order valence-corrected chi connectivity index (χ4v) is 1.31. The van der Waals surface area contributed by atoms with Gasteiger partial charge in [-0.15, -0.1) is 4.43 Å². The highest BCUT2D eigenvalue weighted by Crippen LogP contribution is 2.01. The van der Waals surface area contributed by atoms with Gasteiger partial charge in [0.15, 0.2) is 16.3 Å². The minimum Gasteiger partial charge on any atom is -0.319 e. The lowest BCUT2D eigenvalue weighted by Crippen LogP contribution is -2.07. The fraction of sp³-hybridized carbons (Fsp3) is 0. The van der Waals surface area contributed by atoms with E-state index in [1.54, 1.807) is 0 Å². The number of nitrogens with one attached hydrogen (secondary N) is 1. The van der Waals surface area contributed by atoms with Gasteiger partial charge in [0.05, 0.1) is 17.2 Å². The van der Waals surface area contributed by atoms with E-state index in [2.05, 4.69) is 26.3 Å². The molecule has 1 heterocycles. The zero-order chi connectivity index (χ0) is 8.55. The molecule has 1 aromatic carbocycles. The Morgan fingerprint density at radius 2 is 2.25 bits per heavy atom. The van der Waals surface area contributed by atoms with Crippen molar-refractivity contribution in [3.05, 3.63) is 34.7 Å². The number of fused-ring (bicyclic) bond motifs is 1. The zero-order valence-electron chi connectivity index (χ0n) is 6.24. The Morgan fingerprint density at radius 3 is 3.08 bits per heavy atom. The van der Waals surface area contributed by atoms with Gasteiger partial charge in [-0.1, -0.05) is 6.07 Å². The molecular weight excluding hydrogens is 167 g/mol. The van der Waals surface area contributed by atoms with Crippen LogP contribution in [-0.2, 0) is 0 Å². The highest BCUT2D eigenvalue weighted by atomic mass is 27.0. The lowest BCUT2D eigenvalue weighted by molar-refractivity contribution is 1.22. The number of aromatic nitrogens is 2. The summed E-state index contributed by atoms with van der Waals surface area (Å²) in [5.41, 5.74) is 1.41. The number of benzene rings is 1. The molecule has 3 nitrogen and oxygen atoms in total. The van der Waals surface area contributed by atoms with Crippen molar-refractivity contribution in [2.75, 3.05) is 0 Å². The van der Waals surface area contributed by atoms with Gasteiger partial charge in [0, 0.05) is 0 Å². The Labute approximate surface area is 76.9 Å². The average Bonchev–Trinajstić information content (AvgIpc) is 2.05. The first kappa shape index (κ1) is 7.54. The van der Waals surface area contributed by atoms with Crippen LogP contribution >= 0.6 is 0 Å². The number of nitrogens with zero attached hydrogens (tertiary/aromatic N) is 1. The van der Waals surface area contributed by atoms with Crippen LogP contribution in [0.2, 0.25) is 0 Å². The molecule has 0 amide bonds. The van der Waals surface area contributed by atoms with Crippen LogP contribution in [-0.4, -0.2) is 26.3 Å². The third-order valence-electron chi connectivity index (χ3n) is 1.60. The lowest BCUT2D eigenvalue weighted by Gasteiger charge is -1.96. The maximum absolute atomic E-state index is 10.8. The molecule has 2 aromatic rings. The molecule has 56 valence electrons. The maximum Gasteiger partial charge on any atom is 0.266 e. The van der Waals surface area contributed by atoms with Crippen LogP contribution in [0.4, 0.5) is 0 Å². The third-order valence-corrected chi connectivity index (χ3v) is 1.96. The number of H-pyrrole nitrogens is 1.